The predicted octanol–water partition coefficient (Wildman–Crippen LogP) is 1.45. The second-order valence-corrected chi connectivity index (χ2v) is 5.95. The topological polar surface area (TPSA) is 70.6 Å². The van der Waals surface area contributed by atoms with E-state index in [4.69, 9.17) is 9.94 Å². The summed E-state index contributed by atoms with van der Waals surface area (Å²) >= 11 is 0. The van der Waals surface area contributed by atoms with Crippen molar-refractivity contribution in [1.82, 2.24) is 10.8 Å². The molecule has 1 aliphatic heterocycles. The van der Waals surface area contributed by atoms with Crippen molar-refractivity contribution in [2.45, 2.75) is 57.3 Å². The molecule has 0 amide bonds. The van der Waals surface area contributed by atoms with E-state index in [0.29, 0.717) is 11.8 Å². The average molecular weight is 254 g/mol. The van der Waals surface area contributed by atoms with Crippen LogP contribution in [0, 0.1) is 17.8 Å². The van der Waals surface area contributed by atoms with E-state index in [-0.39, 0.29) is 18.3 Å². The van der Waals surface area contributed by atoms with E-state index in [9.17, 15) is 4.79 Å². The minimum absolute atomic E-state index is 0.133. The zero-order chi connectivity index (χ0) is 12.5. The number of hydrogen-bond acceptors (Lipinski definition) is 4. The lowest BCUT2D eigenvalue weighted by Crippen LogP contribution is -2.45. The van der Waals surface area contributed by atoms with Crippen molar-refractivity contribution in [3.05, 3.63) is 0 Å². The van der Waals surface area contributed by atoms with Gasteiger partial charge >= 0.3 is 5.97 Å². The highest BCUT2D eigenvalue weighted by atomic mass is 16.7. The van der Waals surface area contributed by atoms with Gasteiger partial charge in [0.05, 0.1) is 12.1 Å². The third-order valence-electron chi connectivity index (χ3n) is 4.78. The third-order valence-corrected chi connectivity index (χ3v) is 4.78. The van der Waals surface area contributed by atoms with Gasteiger partial charge in [0.25, 0.3) is 0 Å². The Hall–Kier alpha value is -0.650. The van der Waals surface area contributed by atoms with Gasteiger partial charge in [-0.15, -0.1) is 0 Å². The van der Waals surface area contributed by atoms with Crippen molar-refractivity contribution in [1.29, 1.82) is 0 Å². The molecule has 18 heavy (non-hydrogen) atoms. The summed E-state index contributed by atoms with van der Waals surface area (Å²) in [5, 5.41) is 12.6. The maximum Gasteiger partial charge on any atom is 0.306 e. The molecular weight excluding hydrogens is 232 g/mol. The van der Waals surface area contributed by atoms with Crippen LogP contribution in [0.3, 0.4) is 0 Å². The minimum Gasteiger partial charge on any atom is -0.481 e. The Bertz CT molecular complexity index is 319. The number of rotatable bonds is 3. The van der Waals surface area contributed by atoms with E-state index >= 15 is 0 Å². The van der Waals surface area contributed by atoms with Gasteiger partial charge in [0, 0.05) is 5.92 Å². The fraction of sp³-hybridized carbons (Fsp3) is 0.923. The number of aliphatic carboxylic acids is 1. The molecule has 3 rings (SSSR count). The second kappa shape index (κ2) is 5.15. The molecule has 5 nitrogen and oxygen atoms in total. The first-order chi connectivity index (χ1) is 8.74. The molecule has 3 N–H and O–H groups in total. The van der Waals surface area contributed by atoms with Crippen LogP contribution >= 0.6 is 0 Å². The smallest absolute Gasteiger partial charge is 0.306 e. The fourth-order valence-electron chi connectivity index (χ4n) is 3.35. The van der Waals surface area contributed by atoms with Crippen LogP contribution in [0.1, 0.15) is 44.9 Å². The summed E-state index contributed by atoms with van der Waals surface area (Å²) in [6.07, 6.45) is 7.76. The summed E-state index contributed by atoms with van der Waals surface area (Å²) in [5.74, 6) is 0.204. The van der Waals surface area contributed by atoms with E-state index in [1.165, 1.54) is 19.3 Å². The van der Waals surface area contributed by atoms with Crippen molar-refractivity contribution < 1.29 is 14.7 Å². The highest BCUT2D eigenvalue weighted by Crippen LogP contribution is 2.35. The summed E-state index contributed by atoms with van der Waals surface area (Å²) in [4.78, 5) is 16.7. The molecule has 3 fully saturated rings. The fourth-order valence-corrected chi connectivity index (χ4v) is 3.35. The molecule has 0 radical (unpaired) electrons. The van der Waals surface area contributed by atoms with Crippen LogP contribution in [-0.4, -0.2) is 23.5 Å². The van der Waals surface area contributed by atoms with Gasteiger partial charge in [-0.1, -0.05) is 12.8 Å². The molecule has 102 valence electrons. The van der Waals surface area contributed by atoms with Crippen molar-refractivity contribution in [3.63, 3.8) is 0 Å². The number of hydroxylamine groups is 1. The number of carboxylic acids is 1. The van der Waals surface area contributed by atoms with Crippen LogP contribution < -0.4 is 10.8 Å². The van der Waals surface area contributed by atoms with Gasteiger partial charge < -0.3 is 5.11 Å². The van der Waals surface area contributed by atoms with Gasteiger partial charge in [-0.05, 0) is 38.0 Å². The largest absolute Gasteiger partial charge is 0.481 e. The molecule has 3 aliphatic rings. The summed E-state index contributed by atoms with van der Waals surface area (Å²) in [7, 11) is 0. The maximum absolute atomic E-state index is 11.1. The summed E-state index contributed by atoms with van der Waals surface area (Å²) in [6, 6.07) is 0. The van der Waals surface area contributed by atoms with Gasteiger partial charge in [0.15, 0.2) is 0 Å². The Morgan fingerprint density at radius 1 is 1.11 bits per heavy atom. The van der Waals surface area contributed by atoms with Crippen molar-refractivity contribution >= 4 is 5.97 Å². The third kappa shape index (κ3) is 2.39. The molecule has 4 unspecified atom stereocenters. The lowest BCUT2D eigenvalue weighted by Gasteiger charge is -2.32. The molecule has 0 aromatic heterocycles. The molecule has 5 heteroatoms. The van der Waals surface area contributed by atoms with E-state index in [2.05, 4.69) is 10.8 Å². The first-order valence-electron chi connectivity index (χ1n) is 7.14. The van der Waals surface area contributed by atoms with E-state index in [1.54, 1.807) is 0 Å². The SMILES string of the molecule is O=C(O)C1CCCC(C2NOC(C3CCC3)N2)C1. The number of carbonyl (C=O) groups is 1. The van der Waals surface area contributed by atoms with Crippen LogP contribution in [-0.2, 0) is 9.63 Å². The maximum atomic E-state index is 11.1. The van der Waals surface area contributed by atoms with E-state index in [1.807, 2.05) is 0 Å². The van der Waals surface area contributed by atoms with Crippen LogP contribution in [0.5, 0.6) is 0 Å². The Balaban J connectivity index is 1.53. The van der Waals surface area contributed by atoms with Gasteiger partial charge in [0.1, 0.15) is 6.23 Å². The molecular formula is C13H22N2O3. The van der Waals surface area contributed by atoms with Crippen molar-refractivity contribution in [2.75, 3.05) is 0 Å². The first-order valence-corrected chi connectivity index (χ1v) is 7.14. The Labute approximate surface area is 107 Å². The zero-order valence-electron chi connectivity index (χ0n) is 10.6. The molecule has 0 aromatic carbocycles. The van der Waals surface area contributed by atoms with Crippen LogP contribution in [0.25, 0.3) is 0 Å². The quantitative estimate of drug-likeness (QED) is 0.711. The minimum atomic E-state index is -0.644. The molecule has 0 spiro atoms. The Kier molecular flexibility index (Phi) is 3.54. The number of hydrogen-bond donors (Lipinski definition) is 3. The van der Waals surface area contributed by atoms with Crippen molar-refractivity contribution in [3.8, 4) is 0 Å². The lowest BCUT2D eigenvalue weighted by atomic mass is 9.79. The lowest BCUT2D eigenvalue weighted by molar-refractivity contribution is -0.143. The number of carboxylic acid groups (broad SMARTS) is 1. The summed E-state index contributed by atoms with van der Waals surface area (Å²) < 4.78 is 0. The Morgan fingerprint density at radius 2 is 1.83 bits per heavy atom. The summed E-state index contributed by atoms with van der Waals surface area (Å²) in [5.41, 5.74) is 3.08. The number of nitrogens with one attached hydrogen (secondary N) is 2. The summed E-state index contributed by atoms with van der Waals surface area (Å²) in [6.45, 7) is 0. The monoisotopic (exact) mass is 254 g/mol. The predicted molar refractivity (Wildman–Crippen MR) is 65.4 cm³/mol. The molecule has 4 atom stereocenters. The van der Waals surface area contributed by atoms with Gasteiger partial charge in [0.2, 0.25) is 0 Å². The van der Waals surface area contributed by atoms with Crippen LogP contribution in [0.4, 0.5) is 0 Å². The second-order valence-electron chi connectivity index (χ2n) is 5.95. The standard InChI is InChI=1S/C13H22N2O3/c16-13(17)10-6-2-5-9(7-10)11-14-12(18-15-11)8-3-1-4-8/h8-12,14-15H,1-7H2,(H,16,17). The molecule has 1 heterocycles. The van der Waals surface area contributed by atoms with E-state index < -0.39 is 5.97 Å². The molecule has 1 saturated heterocycles. The molecule has 0 bridgehead atoms. The Morgan fingerprint density at radius 3 is 2.50 bits per heavy atom. The molecule has 2 aliphatic carbocycles. The normalized spacial score (nSPS) is 41.6. The van der Waals surface area contributed by atoms with Gasteiger partial charge in [-0.2, -0.15) is 5.48 Å². The highest BCUT2D eigenvalue weighted by molar-refractivity contribution is 5.70. The molecule has 2 saturated carbocycles. The molecule has 0 aromatic rings. The van der Waals surface area contributed by atoms with Crippen LogP contribution in [0.15, 0.2) is 0 Å². The van der Waals surface area contributed by atoms with Gasteiger partial charge in [-0.3, -0.25) is 14.9 Å². The van der Waals surface area contributed by atoms with E-state index in [0.717, 1.165) is 25.7 Å². The van der Waals surface area contributed by atoms with Crippen molar-refractivity contribution in [2.24, 2.45) is 17.8 Å². The van der Waals surface area contributed by atoms with Gasteiger partial charge in [-0.25, -0.2) is 0 Å². The first kappa shape index (κ1) is 12.4. The zero-order valence-corrected chi connectivity index (χ0v) is 10.6. The van der Waals surface area contributed by atoms with Crippen LogP contribution in [0.2, 0.25) is 0 Å². The average Bonchev–Trinajstić information content (AvgIpc) is 2.76. The highest BCUT2D eigenvalue weighted by Gasteiger charge is 2.39.